The summed E-state index contributed by atoms with van der Waals surface area (Å²) in [6.07, 6.45) is -2.77. The number of carbonyl (C=O) groups is 1. The number of benzene rings is 2. The molecular formula is C23H23F5N4O5S. The first-order valence-corrected chi connectivity index (χ1v) is 12.5. The fourth-order valence-electron chi connectivity index (χ4n) is 3.42. The second-order valence-corrected chi connectivity index (χ2v) is 9.85. The number of aromatic nitrogens is 1. The number of hydrogen-bond donors (Lipinski definition) is 3. The molecule has 0 saturated carbocycles. The normalized spacial score (nSPS) is 13.7. The minimum atomic E-state index is -5.08. The molecule has 1 aliphatic rings. The van der Waals surface area contributed by atoms with Crippen LogP contribution in [0.25, 0.3) is 0 Å². The molecule has 0 bridgehead atoms. The molecule has 0 spiro atoms. The molecule has 0 amide bonds. The van der Waals surface area contributed by atoms with Crippen molar-refractivity contribution in [3.8, 4) is 0 Å². The van der Waals surface area contributed by atoms with E-state index in [0.29, 0.717) is 12.1 Å². The number of anilines is 2. The second-order valence-electron chi connectivity index (χ2n) is 8.23. The van der Waals surface area contributed by atoms with Crippen LogP contribution in [0.3, 0.4) is 0 Å². The molecule has 1 fully saturated rings. The Balaban J connectivity index is 0.000000505. The summed E-state index contributed by atoms with van der Waals surface area (Å²) in [5, 5.41) is 13.5. The van der Waals surface area contributed by atoms with Crippen LogP contribution in [-0.4, -0.2) is 48.8 Å². The van der Waals surface area contributed by atoms with Crippen LogP contribution < -0.4 is 10.0 Å². The van der Waals surface area contributed by atoms with Gasteiger partial charge >= 0.3 is 12.1 Å². The zero-order chi connectivity index (χ0) is 28.1. The van der Waals surface area contributed by atoms with Crippen LogP contribution in [0, 0.1) is 18.6 Å². The molecule has 0 unspecified atom stereocenters. The minimum Gasteiger partial charge on any atom is -0.475 e. The zero-order valence-electron chi connectivity index (χ0n) is 19.8. The second kappa shape index (κ2) is 11.8. The number of carboxylic acid groups (broad SMARTS) is 1. The van der Waals surface area contributed by atoms with Gasteiger partial charge in [0.15, 0.2) is 5.82 Å². The van der Waals surface area contributed by atoms with Gasteiger partial charge in [-0.25, -0.2) is 22.0 Å². The van der Waals surface area contributed by atoms with Crippen molar-refractivity contribution in [2.75, 3.05) is 23.1 Å². The summed E-state index contributed by atoms with van der Waals surface area (Å²) in [4.78, 5) is 10.5. The van der Waals surface area contributed by atoms with Gasteiger partial charge in [-0.1, -0.05) is 23.4 Å². The summed E-state index contributed by atoms with van der Waals surface area (Å²) in [7, 11) is -4.32. The summed E-state index contributed by atoms with van der Waals surface area (Å²) in [6, 6.07) is 9.09. The number of carboxylic acids is 1. The van der Waals surface area contributed by atoms with Crippen molar-refractivity contribution in [3.63, 3.8) is 0 Å². The van der Waals surface area contributed by atoms with E-state index in [9.17, 15) is 30.4 Å². The average Bonchev–Trinajstić information content (AvgIpc) is 3.29. The van der Waals surface area contributed by atoms with Gasteiger partial charge in [-0.15, -0.1) is 0 Å². The van der Waals surface area contributed by atoms with Gasteiger partial charge in [0, 0.05) is 24.7 Å². The lowest BCUT2D eigenvalue weighted by Crippen LogP contribution is -2.36. The number of likely N-dealkylation sites (tertiary alicyclic amines) is 1. The van der Waals surface area contributed by atoms with E-state index in [1.54, 1.807) is 6.07 Å². The fraction of sp³-hybridized carbons (Fsp3) is 0.304. The van der Waals surface area contributed by atoms with Gasteiger partial charge in [0.25, 0.3) is 10.0 Å². The first kappa shape index (κ1) is 28.8. The maximum absolute atomic E-state index is 14.9. The van der Waals surface area contributed by atoms with Crippen LogP contribution in [0.15, 0.2) is 52.1 Å². The Morgan fingerprint density at radius 2 is 1.84 bits per heavy atom. The lowest BCUT2D eigenvalue weighted by Gasteiger charge is -2.31. The van der Waals surface area contributed by atoms with Crippen molar-refractivity contribution in [2.45, 2.75) is 37.5 Å². The van der Waals surface area contributed by atoms with E-state index in [0.717, 1.165) is 25.1 Å². The molecule has 0 radical (unpaired) electrons. The highest BCUT2D eigenvalue weighted by molar-refractivity contribution is 7.92. The molecule has 38 heavy (non-hydrogen) atoms. The Kier molecular flexibility index (Phi) is 8.93. The molecule has 0 atom stereocenters. The summed E-state index contributed by atoms with van der Waals surface area (Å²) >= 11 is 0. The van der Waals surface area contributed by atoms with Crippen molar-refractivity contribution in [3.05, 3.63) is 71.0 Å². The topological polar surface area (TPSA) is 125 Å². The predicted octanol–water partition coefficient (Wildman–Crippen LogP) is 4.51. The van der Waals surface area contributed by atoms with E-state index in [4.69, 9.17) is 9.90 Å². The Bertz CT molecular complexity index is 1380. The number of nitrogens with one attached hydrogen (secondary N) is 2. The maximum atomic E-state index is 14.9. The standard InChI is InChI=1S/C21H22F2N4O3S.C2HF3O2/c1-14-6-7-18(21(20(14)23)31(28,29)26-19-8-11-30-25-19)24-12-16-15(4-2-5-17(16)22)13-27-9-3-10-27;3-2(4,5)1(6)7/h2,4-8,11,24H,3,9-10,12-13H2,1H3,(H,25,26);(H,6,7). The molecule has 206 valence electrons. The molecule has 2 heterocycles. The van der Waals surface area contributed by atoms with Crippen LogP contribution in [0.4, 0.5) is 33.5 Å². The summed E-state index contributed by atoms with van der Waals surface area (Å²) in [5.41, 5.74) is 1.42. The Morgan fingerprint density at radius 1 is 1.16 bits per heavy atom. The van der Waals surface area contributed by atoms with Crippen molar-refractivity contribution in [1.82, 2.24) is 10.1 Å². The Labute approximate surface area is 214 Å². The van der Waals surface area contributed by atoms with Crippen LogP contribution in [-0.2, 0) is 27.9 Å². The van der Waals surface area contributed by atoms with Gasteiger partial charge < -0.3 is 14.9 Å². The number of aryl methyl sites for hydroxylation is 1. The van der Waals surface area contributed by atoms with E-state index < -0.39 is 38.7 Å². The molecule has 3 N–H and O–H groups in total. The lowest BCUT2D eigenvalue weighted by molar-refractivity contribution is -0.192. The van der Waals surface area contributed by atoms with Crippen LogP contribution in [0.1, 0.15) is 23.1 Å². The number of alkyl halides is 3. The molecule has 4 rings (SSSR count). The van der Waals surface area contributed by atoms with Crippen molar-refractivity contribution in [1.29, 1.82) is 0 Å². The number of hydrogen-bond acceptors (Lipinski definition) is 7. The number of halogens is 5. The molecule has 1 aromatic heterocycles. The maximum Gasteiger partial charge on any atom is 0.490 e. The van der Waals surface area contributed by atoms with E-state index in [1.165, 1.54) is 37.5 Å². The highest BCUT2D eigenvalue weighted by Gasteiger charge is 2.38. The third kappa shape index (κ3) is 7.19. The Hall–Kier alpha value is -3.72. The fourth-order valence-corrected chi connectivity index (χ4v) is 4.73. The molecule has 0 aliphatic carbocycles. The van der Waals surface area contributed by atoms with Gasteiger partial charge in [0.05, 0.1) is 5.69 Å². The number of aliphatic carboxylic acids is 1. The molecule has 1 saturated heterocycles. The number of sulfonamides is 1. The van der Waals surface area contributed by atoms with E-state index in [1.807, 2.05) is 6.07 Å². The molecule has 15 heteroatoms. The molecular weight excluding hydrogens is 539 g/mol. The monoisotopic (exact) mass is 562 g/mol. The molecule has 2 aromatic carbocycles. The number of nitrogens with zero attached hydrogens (tertiary/aromatic N) is 2. The number of rotatable bonds is 8. The van der Waals surface area contributed by atoms with Crippen molar-refractivity contribution >= 4 is 27.5 Å². The van der Waals surface area contributed by atoms with Crippen molar-refractivity contribution in [2.24, 2.45) is 0 Å². The lowest BCUT2D eigenvalue weighted by atomic mass is 10.0. The molecule has 1 aliphatic heterocycles. The van der Waals surface area contributed by atoms with Crippen LogP contribution >= 0.6 is 0 Å². The predicted molar refractivity (Wildman–Crippen MR) is 126 cm³/mol. The highest BCUT2D eigenvalue weighted by atomic mass is 32.2. The van der Waals surface area contributed by atoms with Gasteiger partial charge in [-0.2, -0.15) is 13.2 Å². The largest absolute Gasteiger partial charge is 0.490 e. The summed E-state index contributed by atoms with van der Waals surface area (Å²) < 4.78 is 93.8. The third-order valence-electron chi connectivity index (χ3n) is 5.49. The van der Waals surface area contributed by atoms with E-state index >= 15 is 0 Å². The van der Waals surface area contributed by atoms with Crippen molar-refractivity contribution < 1.29 is 44.8 Å². The van der Waals surface area contributed by atoms with E-state index in [-0.39, 0.29) is 23.6 Å². The average molecular weight is 563 g/mol. The van der Waals surface area contributed by atoms with Gasteiger partial charge in [0.2, 0.25) is 0 Å². The summed E-state index contributed by atoms with van der Waals surface area (Å²) in [6.45, 7) is 4.00. The Morgan fingerprint density at radius 3 is 2.39 bits per heavy atom. The van der Waals surface area contributed by atoms with Gasteiger partial charge in [-0.05, 0) is 49.7 Å². The van der Waals surface area contributed by atoms with Crippen LogP contribution in [0.5, 0.6) is 0 Å². The van der Waals surface area contributed by atoms with Crippen LogP contribution in [0.2, 0.25) is 0 Å². The SMILES string of the molecule is Cc1ccc(NCc2c(F)cccc2CN2CCC2)c(S(=O)(=O)Nc2ccon2)c1F.O=C(O)C(F)(F)F. The third-order valence-corrected chi connectivity index (χ3v) is 6.91. The zero-order valence-corrected chi connectivity index (χ0v) is 20.7. The van der Waals surface area contributed by atoms with Gasteiger partial charge in [0.1, 0.15) is 22.8 Å². The molecule has 3 aromatic rings. The first-order chi connectivity index (χ1) is 17.8. The smallest absolute Gasteiger partial charge is 0.475 e. The summed E-state index contributed by atoms with van der Waals surface area (Å²) in [5.74, 6) is -4.12. The van der Waals surface area contributed by atoms with Gasteiger partial charge in [-0.3, -0.25) is 9.62 Å². The quantitative estimate of drug-likeness (QED) is 0.343. The van der Waals surface area contributed by atoms with E-state index in [2.05, 4.69) is 24.6 Å². The first-order valence-electron chi connectivity index (χ1n) is 11.0. The molecule has 9 nitrogen and oxygen atoms in total. The highest BCUT2D eigenvalue weighted by Crippen LogP contribution is 2.30. The minimum absolute atomic E-state index is 0.00479.